The highest BCUT2D eigenvalue weighted by Crippen LogP contribution is 2.29. The van der Waals surface area contributed by atoms with Gasteiger partial charge in [-0.25, -0.2) is 8.42 Å². The Morgan fingerprint density at radius 2 is 2.09 bits per heavy atom. The second kappa shape index (κ2) is 6.04. The molecule has 1 fully saturated rings. The quantitative estimate of drug-likeness (QED) is 0.821. The third-order valence-corrected chi connectivity index (χ3v) is 6.23. The van der Waals surface area contributed by atoms with Crippen molar-refractivity contribution in [1.82, 2.24) is 0 Å². The minimum atomic E-state index is -3.30. The Bertz CT molecular complexity index is 692. The minimum absolute atomic E-state index is 0. The molecule has 1 unspecified atom stereocenters. The summed E-state index contributed by atoms with van der Waals surface area (Å²) in [6, 6.07) is 5.47. The Morgan fingerprint density at radius 3 is 2.82 bits per heavy atom. The SMILES string of the molecule is CC1Cc2cc(NS(=O)(=O)C3CCCC3)ccc2NC(=S)O1.[HH].[HH]. The zero-order valence-electron chi connectivity index (χ0n) is 12.5. The number of anilines is 2. The summed E-state index contributed by atoms with van der Waals surface area (Å²) in [6.07, 6.45) is 4.13. The van der Waals surface area contributed by atoms with E-state index in [1.807, 2.05) is 19.1 Å². The van der Waals surface area contributed by atoms with Crippen molar-refractivity contribution in [3.8, 4) is 0 Å². The van der Waals surface area contributed by atoms with Gasteiger partial charge in [0.05, 0.1) is 5.25 Å². The van der Waals surface area contributed by atoms with Gasteiger partial charge < -0.3 is 10.1 Å². The van der Waals surface area contributed by atoms with Gasteiger partial charge in [0.2, 0.25) is 10.0 Å². The fourth-order valence-corrected chi connectivity index (χ4v) is 4.92. The maximum atomic E-state index is 12.4. The molecule has 0 spiro atoms. The number of sulfonamides is 1. The normalized spacial score (nSPS) is 22.4. The van der Waals surface area contributed by atoms with Crippen LogP contribution in [0.5, 0.6) is 0 Å². The standard InChI is InChI=1S/C15H20N2O3S2.2H2/c1-10-8-11-9-12(6-7-14(11)16-15(21)20-10)17-22(18,19)13-4-2-3-5-13;;/h6-7,9-10,13,17H,2-5,8H2,1H3,(H,16,21);2*1H. The number of hydrogen-bond donors (Lipinski definition) is 2. The molecular weight excluding hydrogens is 320 g/mol. The Labute approximate surface area is 139 Å². The third-order valence-electron chi connectivity index (χ3n) is 4.16. The first-order valence-electron chi connectivity index (χ1n) is 7.56. The molecule has 1 aromatic carbocycles. The molecule has 0 saturated heterocycles. The Kier molecular flexibility index (Phi) is 4.27. The Balaban J connectivity index is 0.00000144. The van der Waals surface area contributed by atoms with Gasteiger partial charge >= 0.3 is 0 Å². The second-order valence-electron chi connectivity index (χ2n) is 5.97. The Morgan fingerprint density at radius 1 is 1.36 bits per heavy atom. The van der Waals surface area contributed by atoms with Crippen LogP contribution in [0.3, 0.4) is 0 Å². The molecule has 22 heavy (non-hydrogen) atoms. The van der Waals surface area contributed by atoms with E-state index in [-0.39, 0.29) is 14.2 Å². The van der Waals surface area contributed by atoms with Crippen LogP contribution in [0.15, 0.2) is 18.2 Å². The Hall–Kier alpha value is -1.34. The summed E-state index contributed by atoms with van der Waals surface area (Å²) in [5, 5.41) is 3.12. The van der Waals surface area contributed by atoms with Gasteiger partial charge in [0.25, 0.3) is 5.17 Å². The molecule has 0 aromatic heterocycles. The smallest absolute Gasteiger partial charge is 0.261 e. The van der Waals surface area contributed by atoms with Gasteiger partial charge in [0.1, 0.15) is 6.10 Å². The molecule has 1 aromatic rings. The fourth-order valence-electron chi connectivity index (χ4n) is 3.07. The molecule has 1 saturated carbocycles. The lowest BCUT2D eigenvalue weighted by atomic mass is 10.1. The first-order chi connectivity index (χ1) is 10.4. The average molecular weight is 345 g/mol. The maximum absolute atomic E-state index is 12.4. The van der Waals surface area contributed by atoms with E-state index < -0.39 is 10.0 Å². The molecule has 2 N–H and O–H groups in total. The van der Waals surface area contributed by atoms with Crippen molar-refractivity contribution in [1.29, 1.82) is 0 Å². The number of nitrogens with one attached hydrogen (secondary N) is 2. The summed E-state index contributed by atoms with van der Waals surface area (Å²) in [5.41, 5.74) is 2.48. The van der Waals surface area contributed by atoms with E-state index in [1.165, 1.54) is 0 Å². The highest BCUT2D eigenvalue weighted by molar-refractivity contribution is 7.93. The van der Waals surface area contributed by atoms with Crippen molar-refractivity contribution in [3.63, 3.8) is 0 Å². The highest BCUT2D eigenvalue weighted by Gasteiger charge is 2.29. The van der Waals surface area contributed by atoms with E-state index in [0.717, 1.165) is 36.9 Å². The summed E-state index contributed by atoms with van der Waals surface area (Å²) < 4.78 is 33.0. The molecule has 0 amide bonds. The second-order valence-corrected chi connectivity index (χ2v) is 8.30. The molecule has 7 heteroatoms. The van der Waals surface area contributed by atoms with Gasteiger partial charge in [-0.1, -0.05) is 12.8 Å². The number of thiocarbonyl (C=S) groups is 1. The first-order valence-corrected chi connectivity index (χ1v) is 9.52. The molecule has 3 rings (SSSR count). The van der Waals surface area contributed by atoms with Gasteiger partial charge in [-0.15, -0.1) is 0 Å². The van der Waals surface area contributed by atoms with Crippen molar-refractivity contribution in [2.45, 2.75) is 50.4 Å². The van der Waals surface area contributed by atoms with Crippen LogP contribution in [0.1, 0.15) is 41.0 Å². The fraction of sp³-hybridized carbons (Fsp3) is 0.533. The van der Waals surface area contributed by atoms with E-state index >= 15 is 0 Å². The number of hydrogen-bond acceptors (Lipinski definition) is 4. The third kappa shape index (κ3) is 3.35. The van der Waals surface area contributed by atoms with Gasteiger partial charge in [0, 0.05) is 20.6 Å². The molecule has 1 heterocycles. The average Bonchev–Trinajstić information content (AvgIpc) is 2.91. The van der Waals surface area contributed by atoms with Gasteiger partial charge in [0.15, 0.2) is 0 Å². The molecule has 0 bridgehead atoms. The van der Waals surface area contributed by atoms with Crippen LogP contribution in [-0.4, -0.2) is 24.9 Å². The zero-order valence-corrected chi connectivity index (χ0v) is 14.1. The molecule has 5 nitrogen and oxygen atoms in total. The molecule has 124 valence electrons. The van der Waals surface area contributed by atoms with Crippen LogP contribution in [0.25, 0.3) is 0 Å². The van der Waals surface area contributed by atoms with Gasteiger partial charge in [-0.3, -0.25) is 4.72 Å². The molecule has 1 aliphatic heterocycles. The molecule has 1 aliphatic carbocycles. The summed E-state index contributed by atoms with van der Waals surface area (Å²) in [6.45, 7) is 1.94. The molecule has 2 aliphatic rings. The molecule has 0 radical (unpaired) electrons. The van der Waals surface area contributed by atoms with Crippen LogP contribution >= 0.6 is 12.2 Å². The van der Waals surface area contributed by atoms with Crippen LogP contribution in [0, 0.1) is 0 Å². The first kappa shape index (κ1) is 15.6. The van der Waals surface area contributed by atoms with Crippen molar-refractivity contribution in [3.05, 3.63) is 23.8 Å². The number of benzene rings is 1. The number of rotatable bonds is 3. The monoisotopic (exact) mass is 344 g/mol. The van der Waals surface area contributed by atoms with Crippen molar-refractivity contribution in [2.75, 3.05) is 10.0 Å². The van der Waals surface area contributed by atoms with Crippen molar-refractivity contribution < 1.29 is 16.0 Å². The van der Waals surface area contributed by atoms with Crippen LogP contribution in [0.4, 0.5) is 11.4 Å². The van der Waals surface area contributed by atoms with E-state index in [9.17, 15) is 8.42 Å². The van der Waals surface area contributed by atoms with Gasteiger partial charge in [-0.2, -0.15) is 0 Å². The number of ether oxygens (including phenoxy) is 1. The predicted molar refractivity (Wildman–Crippen MR) is 95.9 cm³/mol. The lowest BCUT2D eigenvalue weighted by molar-refractivity contribution is 0.217. The number of fused-ring (bicyclic) bond motifs is 1. The summed E-state index contributed by atoms with van der Waals surface area (Å²) >= 11 is 5.09. The maximum Gasteiger partial charge on any atom is 0.261 e. The van der Waals surface area contributed by atoms with Crippen LogP contribution in [0.2, 0.25) is 0 Å². The topological polar surface area (TPSA) is 67.4 Å². The zero-order chi connectivity index (χ0) is 15.7. The summed E-state index contributed by atoms with van der Waals surface area (Å²) in [7, 11) is -3.30. The van der Waals surface area contributed by atoms with E-state index in [1.54, 1.807) is 6.07 Å². The lowest BCUT2D eigenvalue weighted by Gasteiger charge is -2.15. The van der Waals surface area contributed by atoms with E-state index in [2.05, 4.69) is 10.0 Å². The van der Waals surface area contributed by atoms with Crippen molar-refractivity contribution >= 4 is 38.8 Å². The van der Waals surface area contributed by atoms with E-state index in [4.69, 9.17) is 17.0 Å². The van der Waals surface area contributed by atoms with Crippen LogP contribution < -0.4 is 10.0 Å². The minimum Gasteiger partial charge on any atom is -0.467 e. The molecular formula is C15H24N2O3S2. The van der Waals surface area contributed by atoms with E-state index in [0.29, 0.717) is 17.3 Å². The molecule has 1 atom stereocenters. The predicted octanol–water partition coefficient (Wildman–Crippen LogP) is 3.52. The summed E-state index contributed by atoms with van der Waals surface area (Å²) in [4.78, 5) is 0. The van der Waals surface area contributed by atoms with Gasteiger partial charge in [-0.05, 0) is 55.7 Å². The largest absolute Gasteiger partial charge is 0.467 e. The highest BCUT2D eigenvalue weighted by atomic mass is 32.2. The summed E-state index contributed by atoms with van der Waals surface area (Å²) in [5.74, 6) is 0. The van der Waals surface area contributed by atoms with Crippen LogP contribution in [-0.2, 0) is 21.2 Å². The van der Waals surface area contributed by atoms with Crippen molar-refractivity contribution in [2.24, 2.45) is 0 Å². The lowest BCUT2D eigenvalue weighted by Crippen LogP contribution is -2.25.